The summed E-state index contributed by atoms with van der Waals surface area (Å²) in [7, 11) is 0. The first-order chi connectivity index (χ1) is 3.93. The molecule has 0 bridgehead atoms. The van der Waals surface area contributed by atoms with E-state index in [1.54, 1.807) is 18.5 Å². The number of allylic oxidation sites excluding steroid dienone is 2. The number of nitriles is 1. The molecule has 0 aromatic rings. The van der Waals surface area contributed by atoms with Crippen molar-refractivity contribution in [2.24, 2.45) is 0 Å². The van der Waals surface area contributed by atoms with Gasteiger partial charge < -0.3 is 0 Å². The third-order valence-corrected chi connectivity index (χ3v) is 0.752. The lowest BCUT2D eigenvalue weighted by atomic mass is 10.3. The molecule has 1 rings (SSSR count). The number of rotatable bonds is 0. The molecule has 0 saturated carbocycles. The van der Waals surface area contributed by atoms with E-state index in [9.17, 15) is 0 Å². The number of hydrogen-bond donors (Lipinski definition) is 1. The van der Waals surface area contributed by atoms with Gasteiger partial charge in [-0.05, 0) is 6.08 Å². The van der Waals surface area contributed by atoms with Crippen LogP contribution in [0, 0.1) is 11.3 Å². The Morgan fingerprint density at radius 1 is 1.75 bits per heavy atom. The van der Waals surface area contributed by atoms with Gasteiger partial charge in [0.1, 0.15) is 6.07 Å². The molecule has 0 aromatic carbocycles. The van der Waals surface area contributed by atoms with Gasteiger partial charge in [-0.1, -0.05) is 0 Å². The molecule has 1 heterocycles. The third kappa shape index (κ3) is 0.793. The molecule has 0 aromatic heterocycles. The number of nitrogens with zero attached hydrogens (tertiary/aromatic N) is 2. The lowest BCUT2D eigenvalue weighted by Crippen LogP contribution is -2.15. The highest BCUT2D eigenvalue weighted by atomic mass is 15.3. The van der Waals surface area contributed by atoms with Crippen molar-refractivity contribution in [1.82, 2.24) is 10.9 Å². The molecule has 0 aliphatic carbocycles. The summed E-state index contributed by atoms with van der Waals surface area (Å²) in [6.07, 6.45) is 4.72. The van der Waals surface area contributed by atoms with Crippen LogP contribution < -0.4 is 10.9 Å². The van der Waals surface area contributed by atoms with Crippen LogP contribution in [0.1, 0.15) is 0 Å². The van der Waals surface area contributed by atoms with Gasteiger partial charge in [-0.25, -0.2) is 0 Å². The summed E-state index contributed by atoms with van der Waals surface area (Å²) in [5.41, 5.74) is 6.75. The average Bonchev–Trinajstić information content (AvgIpc) is 1.90. The largest absolute Gasteiger partial charge is 0.284 e. The lowest BCUT2D eigenvalue weighted by molar-refractivity contribution is 0.746. The van der Waals surface area contributed by atoms with E-state index >= 15 is 0 Å². The summed E-state index contributed by atoms with van der Waals surface area (Å²) in [4.78, 5) is 0. The Labute approximate surface area is 47.3 Å². The van der Waals surface area contributed by atoms with Crippen LogP contribution in [-0.2, 0) is 0 Å². The van der Waals surface area contributed by atoms with Gasteiger partial charge >= 0.3 is 0 Å². The molecule has 0 saturated heterocycles. The van der Waals surface area contributed by atoms with Gasteiger partial charge in [-0.3, -0.25) is 5.43 Å². The van der Waals surface area contributed by atoms with Crippen LogP contribution in [0.5, 0.6) is 0 Å². The zero-order valence-corrected chi connectivity index (χ0v) is 4.13. The van der Waals surface area contributed by atoms with Gasteiger partial charge in [0.15, 0.2) is 0 Å². The summed E-state index contributed by atoms with van der Waals surface area (Å²) < 4.78 is 0. The maximum atomic E-state index is 8.24. The maximum Gasteiger partial charge on any atom is 0.101 e. The van der Waals surface area contributed by atoms with Crippen LogP contribution in [0.4, 0.5) is 0 Å². The molecule has 0 atom stereocenters. The van der Waals surface area contributed by atoms with E-state index in [1.807, 2.05) is 6.07 Å². The Hall–Kier alpha value is -1.43. The Morgan fingerprint density at radius 3 is 3.00 bits per heavy atom. The van der Waals surface area contributed by atoms with Gasteiger partial charge in [0.2, 0.25) is 0 Å². The van der Waals surface area contributed by atoms with Crippen molar-refractivity contribution >= 4 is 0 Å². The SMILES string of the molecule is N#CC1=CN[N]C=C1. The molecular weight excluding hydrogens is 102 g/mol. The fourth-order valence-electron chi connectivity index (χ4n) is 0.385. The highest BCUT2D eigenvalue weighted by Crippen LogP contribution is 1.93. The minimum absolute atomic E-state index is 0.597. The molecule has 1 N–H and O–H groups in total. The zero-order chi connectivity index (χ0) is 5.82. The predicted octanol–water partition coefficient (Wildman–Crippen LogP) is 0.0302. The summed E-state index contributed by atoms with van der Waals surface area (Å²) >= 11 is 0. The maximum absolute atomic E-state index is 8.24. The minimum atomic E-state index is 0.597. The Morgan fingerprint density at radius 2 is 2.62 bits per heavy atom. The van der Waals surface area contributed by atoms with Crippen molar-refractivity contribution in [2.45, 2.75) is 0 Å². The van der Waals surface area contributed by atoms with Gasteiger partial charge in [0.05, 0.1) is 5.57 Å². The second-order valence-electron chi connectivity index (χ2n) is 1.29. The molecule has 1 radical (unpaired) electrons. The van der Waals surface area contributed by atoms with Crippen molar-refractivity contribution in [3.63, 3.8) is 0 Å². The number of hydrogen-bond acceptors (Lipinski definition) is 2. The lowest BCUT2D eigenvalue weighted by Gasteiger charge is -1.98. The van der Waals surface area contributed by atoms with E-state index in [2.05, 4.69) is 10.9 Å². The molecule has 0 unspecified atom stereocenters. The molecule has 3 nitrogen and oxygen atoms in total. The zero-order valence-electron chi connectivity index (χ0n) is 4.13. The molecule has 39 valence electrons. The van der Waals surface area contributed by atoms with E-state index in [4.69, 9.17) is 5.26 Å². The molecule has 1 aliphatic heterocycles. The second kappa shape index (κ2) is 2.03. The van der Waals surface area contributed by atoms with Crippen LogP contribution in [0.25, 0.3) is 0 Å². The summed E-state index contributed by atoms with van der Waals surface area (Å²) in [6, 6.07) is 1.96. The highest BCUT2D eigenvalue weighted by Gasteiger charge is 1.90. The molecule has 0 amide bonds. The summed E-state index contributed by atoms with van der Waals surface area (Å²) in [5, 5.41) is 8.24. The smallest absolute Gasteiger partial charge is 0.101 e. The molecular formula is C5H4N3. The first-order valence-corrected chi connectivity index (χ1v) is 2.15. The van der Waals surface area contributed by atoms with Crippen LogP contribution >= 0.6 is 0 Å². The van der Waals surface area contributed by atoms with Crippen LogP contribution in [-0.4, -0.2) is 0 Å². The van der Waals surface area contributed by atoms with E-state index in [1.165, 1.54) is 0 Å². The molecule has 8 heavy (non-hydrogen) atoms. The Bertz CT molecular complexity index is 173. The summed E-state index contributed by atoms with van der Waals surface area (Å²) in [5.74, 6) is 0. The second-order valence-corrected chi connectivity index (χ2v) is 1.29. The van der Waals surface area contributed by atoms with Crippen molar-refractivity contribution in [1.29, 1.82) is 5.26 Å². The van der Waals surface area contributed by atoms with Gasteiger partial charge in [-0.15, -0.1) is 0 Å². The van der Waals surface area contributed by atoms with Gasteiger partial charge in [0.25, 0.3) is 0 Å². The quantitative estimate of drug-likeness (QED) is 0.473. The van der Waals surface area contributed by atoms with E-state index in [0.717, 1.165) is 0 Å². The monoisotopic (exact) mass is 106 g/mol. The topological polar surface area (TPSA) is 49.9 Å². The first kappa shape index (κ1) is 4.72. The normalized spacial score (nSPS) is 15.1. The van der Waals surface area contributed by atoms with Crippen LogP contribution in [0.15, 0.2) is 24.0 Å². The van der Waals surface area contributed by atoms with Crippen LogP contribution in [0.3, 0.4) is 0 Å². The van der Waals surface area contributed by atoms with Gasteiger partial charge in [0, 0.05) is 12.4 Å². The first-order valence-electron chi connectivity index (χ1n) is 2.15. The Balaban J connectivity index is 2.68. The molecule has 0 fully saturated rings. The van der Waals surface area contributed by atoms with Gasteiger partial charge in [-0.2, -0.15) is 10.7 Å². The van der Waals surface area contributed by atoms with Crippen molar-refractivity contribution in [2.75, 3.05) is 0 Å². The molecule has 0 spiro atoms. The third-order valence-electron chi connectivity index (χ3n) is 0.752. The average molecular weight is 106 g/mol. The fourth-order valence-corrected chi connectivity index (χ4v) is 0.385. The fraction of sp³-hybridized carbons (Fsp3) is 0. The molecule has 1 aliphatic rings. The highest BCUT2D eigenvalue weighted by molar-refractivity contribution is 5.33. The number of nitrogens with one attached hydrogen (secondary N) is 1. The van der Waals surface area contributed by atoms with Crippen molar-refractivity contribution < 1.29 is 0 Å². The van der Waals surface area contributed by atoms with Crippen molar-refractivity contribution in [3.05, 3.63) is 24.0 Å². The van der Waals surface area contributed by atoms with E-state index in [0.29, 0.717) is 5.57 Å². The summed E-state index contributed by atoms with van der Waals surface area (Å²) in [6.45, 7) is 0. The van der Waals surface area contributed by atoms with Crippen molar-refractivity contribution in [3.8, 4) is 6.07 Å². The van der Waals surface area contributed by atoms with E-state index < -0.39 is 0 Å². The minimum Gasteiger partial charge on any atom is -0.284 e. The standard InChI is InChI=1S/C5H4N3/c6-3-5-1-2-7-8-4-5/h1-2,4,8H. The predicted molar refractivity (Wildman–Crippen MR) is 28.1 cm³/mol. The van der Waals surface area contributed by atoms with Crippen LogP contribution in [0.2, 0.25) is 0 Å². The van der Waals surface area contributed by atoms with E-state index in [-0.39, 0.29) is 0 Å². The molecule has 3 heteroatoms. The Kier molecular flexibility index (Phi) is 1.20.